The van der Waals surface area contributed by atoms with E-state index in [1.54, 1.807) is 6.07 Å². The van der Waals surface area contributed by atoms with Crippen molar-refractivity contribution < 1.29 is 25.2 Å². The van der Waals surface area contributed by atoms with Crippen molar-refractivity contribution in [2.24, 2.45) is 0 Å². The van der Waals surface area contributed by atoms with E-state index in [-0.39, 0.29) is 25.9 Å². The van der Waals surface area contributed by atoms with Gasteiger partial charge >= 0.3 is 0 Å². The first-order valence-corrected chi connectivity index (χ1v) is 12.5. The van der Waals surface area contributed by atoms with Crippen molar-refractivity contribution >= 4 is 33.5 Å². The van der Waals surface area contributed by atoms with E-state index < -0.39 is 0 Å². The fraction of sp³-hybridized carbons (Fsp3) is 0. The summed E-state index contributed by atoms with van der Waals surface area (Å²) in [5.41, 5.74) is 6.01. The first-order valence-electron chi connectivity index (χ1n) is 12.5. The summed E-state index contributed by atoms with van der Waals surface area (Å²) in [6, 6.07) is 47.2. The second-order valence-corrected chi connectivity index (χ2v) is 8.86. The normalized spacial score (nSPS) is 11.8. The van der Waals surface area contributed by atoms with Crippen molar-refractivity contribution in [2.45, 2.75) is 0 Å². The van der Waals surface area contributed by atoms with E-state index >= 15 is 0 Å². The average Bonchev–Trinajstić information content (AvgIpc) is 3.38. The Morgan fingerprint density at radius 3 is 1.95 bits per heavy atom. The van der Waals surface area contributed by atoms with Crippen LogP contribution >= 0.6 is 0 Å². The van der Waals surface area contributed by atoms with Crippen LogP contribution in [0.2, 0.25) is 0 Å². The number of benzene rings is 5. The van der Waals surface area contributed by atoms with Gasteiger partial charge in [-0.05, 0) is 52.9 Å². The van der Waals surface area contributed by atoms with Crippen LogP contribution in [0, 0.1) is 12.7 Å². The average molecular weight is 684 g/mol. The minimum Gasteiger partial charge on any atom is -0.506 e. The number of hydrogen-bond donors (Lipinski definition) is 1. The molecule has 0 aliphatic carbocycles. The quantitative estimate of drug-likeness (QED) is 0.190. The van der Waals surface area contributed by atoms with Gasteiger partial charge in [0.25, 0.3) is 0 Å². The Morgan fingerprint density at radius 1 is 0.615 bits per heavy atom. The first kappa shape index (κ1) is 26.2. The maximum Gasteiger partial charge on any atom is 0.136 e. The fourth-order valence-corrected chi connectivity index (χ4v) is 4.55. The summed E-state index contributed by atoms with van der Waals surface area (Å²) < 4.78 is 0. The third kappa shape index (κ3) is 5.56. The number of pyridine rings is 1. The maximum absolute atomic E-state index is 10.2. The Kier molecular flexibility index (Phi) is 8.02. The molecule has 1 N–H and O–H groups in total. The molecule has 5 aromatic carbocycles. The molecular weight excluding hydrogens is 659 g/mol. The third-order valence-electron chi connectivity index (χ3n) is 6.42. The van der Waals surface area contributed by atoms with Crippen LogP contribution in [0.4, 0.5) is 22.7 Å². The van der Waals surface area contributed by atoms with E-state index in [0.29, 0.717) is 0 Å². The van der Waals surface area contributed by atoms with E-state index in [2.05, 4.69) is 58.4 Å². The number of aromatic nitrogens is 1. The van der Waals surface area contributed by atoms with Gasteiger partial charge < -0.3 is 19.9 Å². The molecule has 39 heavy (non-hydrogen) atoms. The van der Waals surface area contributed by atoms with E-state index in [1.807, 2.05) is 103 Å². The molecule has 0 amide bonds. The van der Waals surface area contributed by atoms with Crippen LogP contribution in [0.25, 0.3) is 22.0 Å². The van der Waals surface area contributed by atoms with Gasteiger partial charge in [-0.1, -0.05) is 72.8 Å². The molecule has 6 aromatic rings. The number of para-hydroxylation sites is 5. The van der Waals surface area contributed by atoms with Crippen molar-refractivity contribution in [1.29, 1.82) is 0 Å². The van der Waals surface area contributed by atoms with Crippen LogP contribution in [0.1, 0.15) is 0 Å². The topological polar surface area (TPSA) is 39.6 Å². The van der Waals surface area contributed by atoms with Crippen molar-refractivity contribution in [3.05, 3.63) is 152 Å². The standard InChI is InChI=1S/C19H15N2O.C15H10N.Ir/c22-19-13-7-6-12-18(19)21-14-20(15-8-2-1-3-9-15)16-10-4-5-11-17(16)21;1-2-6-12(7-3-1)15-10-13-8-4-5-9-14(13)11-16-15;/h1-14,22H;1-6,8-11H;/q2*-1;. The summed E-state index contributed by atoms with van der Waals surface area (Å²) in [6.45, 7) is 2.01. The fourth-order valence-electron chi connectivity index (χ4n) is 4.55. The molecule has 5 heteroatoms. The Balaban J connectivity index is 0.000000161. The third-order valence-corrected chi connectivity index (χ3v) is 6.42. The molecule has 0 bridgehead atoms. The van der Waals surface area contributed by atoms with E-state index in [1.165, 1.54) is 10.8 Å². The van der Waals surface area contributed by atoms with Crippen molar-refractivity contribution in [1.82, 2.24) is 4.98 Å². The van der Waals surface area contributed by atoms with Gasteiger partial charge in [0, 0.05) is 43.4 Å². The first-order chi connectivity index (χ1) is 18.8. The SMILES string of the molecule is Oc1ccccc1N1[CH-]N(c2ccccc2)c2ccccc21.[Ir].[c-]1ccccc1-c1cc2ccccc2cn1. The van der Waals surface area contributed by atoms with Gasteiger partial charge in [-0.25, -0.2) is 0 Å². The molecule has 2 heterocycles. The zero-order valence-electron chi connectivity index (χ0n) is 21.0. The molecule has 1 radical (unpaired) electrons. The van der Waals surface area contributed by atoms with Crippen LogP contribution in [0.5, 0.6) is 5.75 Å². The molecular formula is C34H25IrN3O-2. The second-order valence-electron chi connectivity index (χ2n) is 8.86. The summed E-state index contributed by atoms with van der Waals surface area (Å²) in [7, 11) is 0. The monoisotopic (exact) mass is 684 g/mol. The Morgan fingerprint density at radius 2 is 1.23 bits per heavy atom. The summed E-state index contributed by atoms with van der Waals surface area (Å²) in [5, 5.41) is 12.6. The Bertz CT molecular complexity index is 1670. The van der Waals surface area contributed by atoms with Gasteiger partial charge in [-0.2, -0.15) is 0 Å². The maximum atomic E-state index is 10.2. The summed E-state index contributed by atoms with van der Waals surface area (Å²) in [6.07, 6.45) is 1.91. The molecule has 0 fully saturated rings. The zero-order valence-corrected chi connectivity index (χ0v) is 23.4. The predicted octanol–water partition coefficient (Wildman–Crippen LogP) is 8.50. The molecule has 0 atom stereocenters. The van der Waals surface area contributed by atoms with Gasteiger partial charge in [0.15, 0.2) is 0 Å². The molecule has 4 nitrogen and oxygen atoms in total. The summed E-state index contributed by atoms with van der Waals surface area (Å²) >= 11 is 0. The molecule has 193 valence electrons. The van der Waals surface area contributed by atoms with Gasteiger partial charge in [0.2, 0.25) is 0 Å². The molecule has 1 aliphatic rings. The molecule has 0 saturated carbocycles. The van der Waals surface area contributed by atoms with Crippen LogP contribution in [-0.2, 0) is 20.1 Å². The van der Waals surface area contributed by atoms with E-state index in [9.17, 15) is 5.11 Å². The van der Waals surface area contributed by atoms with E-state index in [0.717, 1.165) is 34.0 Å². The van der Waals surface area contributed by atoms with Crippen LogP contribution < -0.4 is 9.80 Å². The van der Waals surface area contributed by atoms with Crippen LogP contribution in [-0.4, -0.2) is 10.1 Å². The number of nitrogens with zero attached hydrogens (tertiary/aromatic N) is 3. The second kappa shape index (κ2) is 12.0. The predicted molar refractivity (Wildman–Crippen MR) is 156 cm³/mol. The number of aromatic hydroxyl groups is 1. The number of hydrogen-bond acceptors (Lipinski definition) is 4. The van der Waals surface area contributed by atoms with E-state index in [4.69, 9.17) is 0 Å². The van der Waals surface area contributed by atoms with Crippen LogP contribution in [0.3, 0.4) is 0 Å². The van der Waals surface area contributed by atoms with Crippen molar-refractivity contribution in [3.8, 4) is 17.0 Å². The van der Waals surface area contributed by atoms with Gasteiger partial charge in [-0.15, -0.1) is 42.6 Å². The smallest absolute Gasteiger partial charge is 0.136 e. The van der Waals surface area contributed by atoms with Gasteiger partial charge in [0.1, 0.15) is 5.75 Å². The molecule has 0 saturated heterocycles. The van der Waals surface area contributed by atoms with Gasteiger partial charge in [-0.3, -0.25) is 0 Å². The minimum atomic E-state index is 0. The molecule has 1 aliphatic heterocycles. The molecule has 0 spiro atoms. The largest absolute Gasteiger partial charge is 0.506 e. The Hall–Kier alpha value is -4.44. The van der Waals surface area contributed by atoms with Gasteiger partial charge in [0.05, 0.1) is 5.69 Å². The number of fused-ring (bicyclic) bond motifs is 2. The summed E-state index contributed by atoms with van der Waals surface area (Å²) in [4.78, 5) is 8.58. The minimum absolute atomic E-state index is 0. The molecule has 0 unspecified atom stereocenters. The number of rotatable bonds is 3. The van der Waals surface area contributed by atoms with Crippen molar-refractivity contribution in [3.63, 3.8) is 0 Å². The number of phenols is 1. The zero-order chi connectivity index (χ0) is 25.7. The number of phenolic OH excluding ortho intramolecular Hbond substituents is 1. The van der Waals surface area contributed by atoms with Crippen molar-refractivity contribution in [2.75, 3.05) is 9.80 Å². The van der Waals surface area contributed by atoms with Crippen LogP contribution in [0.15, 0.2) is 140 Å². The molecule has 7 rings (SSSR count). The Labute approximate surface area is 242 Å². The number of anilines is 4. The summed E-state index contributed by atoms with van der Waals surface area (Å²) in [5.74, 6) is 0.267. The molecule has 1 aromatic heterocycles.